The SMILES string of the molecule is O=C(NO)C1C(c2ccccc2)C1c1cccc(N2CCN3CCCC3C2)c1. The summed E-state index contributed by atoms with van der Waals surface area (Å²) in [6.45, 7) is 4.54. The lowest BCUT2D eigenvalue weighted by Crippen LogP contribution is -2.50. The Balaban J connectivity index is 1.40. The average molecular weight is 377 g/mol. The van der Waals surface area contributed by atoms with Gasteiger partial charge in [0.1, 0.15) is 0 Å². The van der Waals surface area contributed by atoms with Crippen molar-refractivity contribution in [1.82, 2.24) is 10.4 Å². The number of amides is 1. The first-order valence-electron chi connectivity index (χ1n) is 10.3. The van der Waals surface area contributed by atoms with Crippen molar-refractivity contribution in [2.75, 3.05) is 31.1 Å². The third-order valence-electron chi connectivity index (χ3n) is 6.82. The summed E-state index contributed by atoms with van der Waals surface area (Å²) >= 11 is 0. The second-order valence-corrected chi connectivity index (χ2v) is 8.34. The Hall–Kier alpha value is -2.37. The number of hydrogen-bond donors (Lipinski definition) is 2. The van der Waals surface area contributed by atoms with Crippen LogP contribution in [0.5, 0.6) is 0 Å². The van der Waals surface area contributed by atoms with Crippen LogP contribution in [0, 0.1) is 5.92 Å². The lowest BCUT2D eigenvalue weighted by Gasteiger charge is -2.39. The van der Waals surface area contributed by atoms with Crippen LogP contribution < -0.4 is 10.4 Å². The number of hydrogen-bond acceptors (Lipinski definition) is 4. The van der Waals surface area contributed by atoms with Crippen molar-refractivity contribution in [1.29, 1.82) is 0 Å². The second-order valence-electron chi connectivity index (χ2n) is 8.34. The molecule has 0 aromatic heterocycles. The smallest absolute Gasteiger partial charge is 0.247 e. The summed E-state index contributed by atoms with van der Waals surface area (Å²) in [5.41, 5.74) is 5.48. The van der Waals surface area contributed by atoms with E-state index in [-0.39, 0.29) is 23.7 Å². The number of benzene rings is 2. The van der Waals surface area contributed by atoms with E-state index in [0.717, 1.165) is 25.2 Å². The number of carbonyl (C=O) groups is 1. The third kappa shape index (κ3) is 3.09. The van der Waals surface area contributed by atoms with Gasteiger partial charge in [0.05, 0.1) is 5.92 Å². The number of nitrogens with zero attached hydrogens (tertiary/aromatic N) is 2. The van der Waals surface area contributed by atoms with E-state index in [4.69, 9.17) is 0 Å². The number of hydroxylamine groups is 1. The van der Waals surface area contributed by atoms with Crippen LogP contribution in [0.3, 0.4) is 0 Å². The van der Waals surface area contributed by atoms with Crippen LogP contribution in [0.25, 0.3) is 0 Å². The fourth-order valence-corrected chi connectivity index (χ4v) is 5.37. The van der Waals surface area contributed by atoms with Gasteiger partial charge in [0.15, 0.2) is 0 Å². The molecule has 2 heterocycles. The van der Waals surface area contributed by atoms with Gasteiger partial charge >= 0.3 is 0 Å². The molecule has 5 rings (SSSR count). The Bertz CT molecular complexity index is 856. The van der Waals surface area contributed by atoms with E-state index >= 15 is 0 Å². The van der Waals surface area contributed by atoms with Gasteiger partial charge in [-0.2, -0.15) is 0 Å². The first kappa shape index (κ1) is 17.7. The molecule has 146 valence electrons. The molecule has 4 atom stereocenters. The van der Waals surface area contributed by atoms with Crippen molar-refractivity contribution in [2.24, 2.45) is 5.92 Å². The maximum atomic E-state index is 12.3. The van der Waals surface area contributed by atoms with Crippen molar-refractivity contribution in [3.05, 3.63) is 65.7 Å². The molecular formula is C23H27N3O2. The number of rotatable bonds is 4. The molecule has 2 aliphatic heterocycles. The van der Waals surface area contributed by atoms with Crippen molar-refractivity contribution < 1.29 is 10.0 Å². The molecule has 2 aromatic rings. The van der Waals surface area contributed by atoms with Gasteiger partial charge in [0, 0.05) is 43.2 Å². The van der Waals surface area contributed by atoms with Crippen LogP contribution in [0.2, 0.25) is 0 Å². The molecule has 1 amide bonds. The first-order chi connectivity index (χ1) is 13.8. The Labute approximate surface area is 165 Å². The lowest BCUT2D eigenvalue weighted by molar-refractivity contribution is -0.130. The summed E-state index contributed by atoms with van der Waals surface area (Å²) in [5, 5.41) is 9.21. The van der Waals surface area contributed by atoms with Crippen LogP contribution in [-0.2, 0) is 4.79 Å². The van der Waals surface area contributed by atoms with Crippen molar-refractivity contribution in [2.45, 2.75) is 30.7 Å². The van der Waals surface area contributed by atoms with E-state index in [9.17, 15) is 10.0 Å². The van der Waals surface area contributed by atoms with Crippen LogP contribution in [0.15, 0.2) is 54.6 Å². The standard InChI is InChI=1S/C23H27N3O2/c27-23(24-28)22-20(16-6-2-1-3-7-16)21(22)17-8-4-9-18(14-17)26-13-12-25-11-5-10-19(25)15-26/h1-4,6-9,14,19-22,28H,5,10-13,15H2,(H,24,27). The lowest BCUT2D eigenvalue weighted by atomic mass is 10.0. The monoisotopic (exact) mass is 377 g/mol. The summed E-state index contributed by atoms with van der Waals surface area (Å²) in [6.07, 6.45) is 2.62. The highest BCUT2D eigenvalue weighted by Crippen LogP contribution is 2.60. The molecule has 2 N–H and O–H groups in total. The molecule has 2 aromatic carbocycles. The predicted molar refractivity (Wildman–Crippen MR) is 109 cm³/mol. The van der Waals surface area contributed by atoms with E-state index in [1.54, 1.807) is 0 Å². The Morgan fingerprint density at radius 3 is 2.57 bits per heavy atom. The molecule has 28 heavy (non-hydrogen) atoms. The van der Waals surface area contributed by atoms with Gasteiger partial charge in [-0.3, -0.25) is 14.9 Å². The van der Waals surface area contributed by atoms with Gasteiger partial charge in [0.2, 0.25) is 5.91 Å². The summed E-state index contributed by atoms with van der Waals surface area (Å²) in [4.78, 5) is 17.4. The zero-order valence-electron chi connectivity index (χ0n) is 16.0. The van der Waals surface area contributed by atoms with Crippen molar-refractivity contribution in [3.8, 4) is 0 Å². The zero-order chi connectivity index (χ0) is 19.1. The number of carbonyl (C=O) groups excluding carboxylic acids is 1. The fraction of sp³-hybridized carbons (Fsp3) is 0.435. The van der Waals surface area contributed by atoms with Crippen LogP contribution in [-0.4, -0.2) is 48.2 Å². The summed E-state index contributed by atoms with van der Waals surface area (Å²) in [6, 6.07) is 19.5. The molecule has 5 nitrogen and oxygen atoms in total. The average Bonchev–Trinajstić information content (AvgIpc) is 3.33. The molecule has 0 spiro atoms. The Morgan fingerprint density at radius 2 is 1.75 bits per heavy atom. The van der Waals surface area contributed by atoms with Gasteiger partial charge in [-0.15, -0.1) is 0 Å². The third-order valence-corrected chi connectivity index (χ3v) is 6.82. The minimum absolute atomic E-state index is 0.113. The molecule has 4 unspecified atom stereocenters. The van der Waals surface area contributed by atoms with E-state index < -0.39 is 0 Å². The van der Waals surface area contributed by atoms with Crippen LogP contribution in [0.1, 0.15) is 35.8 Å². The summed E-state index contributed by atoms with van der Waals surface area (Å²) in [7, 11) is 0. The van der Waals surface area contributed by atoms with E-state index in [0.29, 0.717) is 6.04 Å². The number of anilines is 1. The zero-order valence-corrected chi connectivity index (χ0v) is 16.0. The Morgan fingerprint density at radius 1 is 0.964 bits per heavy atom. The highest BCUT2D eigenvalue weighted by Gasteiger charge is 2.56. The van der Waals surface area contributed by atoms with Gasteiger partial charge in [-0.25, -0.2) is 5.48 Å². The minimum atomic E-state index is -0.288. The highest BCUT2D eigenvalue weighted by molar-refractivity contribution is 5.84. The van der Waals surface area contributed by atoms with Gasteiger partial charge in [-0.05, 0) is 42.6 Å². The van der Waals surface area contributed by atoms with E-state index in [2.05, 4.69) is 46.2 Å². The van der Waals surface area contributed by atoms with Crippen LogP contribution >= 0.6 is 0 Å². The van der Waals surface area contributed by atoms with Gasteiger partial charge in [-0.1, -0.05) is 42.5 Å². The Kier molecular flexibility index (Phi) is 4.57. The quantitative estimate of drug-likeness (QED) is 0.635. The minimum Gasteiger partial charge on any atom is -0.369 e. The molecule has 3 fully saturated rings. The largest absolute Gasteiger partial charge is 0.369 e. The van der Waals surface area contributed by atoms with Crippen molar-refractivity contribution >= 4 is 11.6 Å². The summed E-state index contributed by atoms with van der Waals surface area (Å²) < 4.78 is 0. The molecule has 1 saturated carbocycles. The van der Waals surface area contributed by atoms with E-state index in [1.807, 2.05) is 23.7 Å². The van der Waals surface area contributed by atoms with Gasteiger partial charge in [0.25, 0.3) is 0 Å². The number of piperazine rings is 1. The topological polar surface area (TPSA) is 55.8 Å². The molecule has 3 aliphatic rings. The van der Waals surface area contributed by atoms with Crippen molar-refractivity contribution in [3.63, 3.8) is 0 Å². The number of nitrogens with one attached hydrogen (secondary N) is 1. The maximum Gasteiger partial charge on any atom is 0.247 e. The molecule has 1 aliphatic carbocycles. The highest BCUT2D eigenvalue weighted by atomic mass is 16.5. The molecule has 0 bridgehead atoms. The van der Waals surface area contributed by atoms with E-state index in [1.165, 1.54) is 30.6 Å². The first-order valence-corrected chi connectivity index (χ1v) is 10.3. The number of fused-ring (bicyclic) bond motifs is 1. The normalized spacial score (nSPS) is 29.4. The van der Waals surface area contributed by atoms with Gasteiger partial charge < -0.3 is 4.90 Å². The summed E-state index contributed by atoms with van der Waals surface area (Å²) in [5.74, 6) is -0.268. The maximum absolute atomic E-state index is 12.3. The molecular weight excluding hydrogens is 350 g/mol. The van der Waals surface area contributed by atoms with Crippen LogP contribution in [0.4, 0.5) is 5.69 Å². The molecule has 5 heteroatoms. The predicted octanol–water partition coefficient (Wildman–Crippen LogP) is 2.97. The molecule has 2 saturated heterocycles. The molecule has 0 radical (unpaired) electrons. The fourth-order valence-electron chi connectivity index (χ4n) is 5.37. The second kappa shape index (κ2) is 7.22.